The fourth-order valence-corrected chi connectivity index (χ4v) is 5.56. The molecule has 1 aromatic heterocycles. The van der Waals surface area contributed by atoms with Crippen LogP contribution in [0.2, 0.25) is 15.1 Å². The Hall–Kier alpha value is -1.41. The molecule has 0 atom stereocenters. The minimum atomic E-state index is 0. The van der Waals surface area contributed by atoms with E-state index in [1.165, 1.54) is 22.4 Å². The summed E-state index contributed by atoms with van der Waals surface area (Å²) in [5.41, 5.74) is 5.98. The molecule has 3 aromatic rings. The molecule has 2 aromatic carbocycles. The summed E-state index contributed by atoms with van der Waals surface area (Å²) in [7, 11) is 0. The summed E-state index contributed by atoms with van der Waals surface area (Å²) in [4.78, 5) is 4.60. The van der Waals surface area contributed by atoms with Crippen LogP contribution in [-0.4, -0.2) is 17.7 Å². The zero-order chi connectivity index (χ0) is 22.6. The topological polar surface area (TPSA) is 15.3 Å². The Labute approximate surface area is 227 Å². The molecule has 3 heterocycles. The van der Waals surface area contributed by atoms with E-state index >= 15 is 0 Å². The van der Waals surface area contributed by atoms with Gasteiger partial charge in [-0.05, 0) is 57.2 Å². The fourth-order valence-electron chi connectivity index (χ4n) is 5.08. The second-order valence-electron chi connectivity index (χ2n) is 8.06. The minimum Gasteiger partial charge on any atom is -1.00 e. The molecule has 0 aliphatic carbocycles. The molecule has 2 aliphatic rings. The Kier molecular flexibility index (Phi) is 7.25. The van der Waals surface area contributed by atoms with Crippen LogP contribution in [0.1, 0.15) is 33.0 Å². The van der Waals surface area contributed by atoms with E-state index in [1.807, 2.05) is 18.2 Å². The molecule has 4 nitrogen and oxygen atoms in total. The average Bonchev–Trinajstić information content (AvgIpc) is 3.41. The molecule has 2 aliphatic heterocycles. The van der Waals surface area contributed by atoms with Gasteiger partial charge < -0.3 is 33.8 Å². The fraction of sp³-hybridized carbons (Fsp3) is 0.320. The Morgan fingerprint density at radius 1 is 0.909 bits per heavy atom. The van der Waals surface area contributed by atoms with Gasteiger partial charge in [-0.1, -0.05) is 34.8 Å². The zero-order valence-electron chi connectivity index (χ0n) is 18.9. The predicted octanol–water partition coefficient (Wildman–Crippen LogP) is 3.91. The van der Waals surface area contributed by atoms with E-state index in [-0.39, 0.29) is 24.0 Å². The summed E-state index contributed by atoms with van der Waals surface area (Å²) in [5, 5.41) is 1.95. The highest BCUT2D eigenvalue weighted by molar-refractivity contribution is 6.42. The number of aryl methyl sites for hydroxylation is 2. The van der Waals surface area contributed by atoms with E-state index in [0.717, 1.165) is 54.8 Å². The van der Waals surface area contributed by atoms with E-state index in [9.17, 15) is 0 Å². The van der Waals surface area contributed by atoms with E-state index in [4.69, 9.17) is 34.8 Å². The molecular weight excluding hydrogens is 590 g/mol. The van der Waals surface area contributed by atoms with E-state index in [0.29, 0.717) is 10.0 Å². The third-order valence-electron chi connectivity index (χ3n) is 6.46. The second kappa shape index (κ2) is 9.68. The zero-order valence-corrected chi connectivity index (χ0v) is 23.3. The number of nitrogens with zero attached hydrogens (tertiary/aromatic N) is 4. The van der Waals surface area contributed by atoms with Crippen LogP contribution in [0.5, 0.6) is 0 Å². The number of anilines is 2. The molecule has 0 bridgehead atoms. The molecule has 174 valence electrons. The number of benzene rings is 2. The SMILES string of the molecule is CCN1C(=CC=C2CCn3c2[n+](CC)c2ccc(Cl)cc23)N(CC)c2cc(Cl)c(Cl)cc21.[I-]. The van der Waals surface area contributed by atoms with Gasteiger partial charge in [0.05, 0.1) is 34.5 Å². The molecule has 0 spiro atoms. The van der Waals surface area contributed by atoms with Crippen molar-refractivity contribution in [3.63, 3.8) is 0 Å². The van der Waals surface area contributed by atoms with Gasteiger partial charge in [0.2, 0.25) is 0 Å². The first-order valence-corrected chi connectivity index (χ1v) is 12.3. The van der Waals surface area contributed by atoms with Gasteiger partial charge in [0.25, 0.3) is 5.82 Å². The van der Waals surface area contributed by atoms with Crippen LogP contribution in [0.25, 0.3) is 16.6 Å². The van der Waals surface area contributed by atoms with Gasteiger partial charge >= 0.3 is 0 Å². The van der Waals surface area contributed by atoms with Crippen molar-refractivity contribution in [3.05, 3.63) is 69.2 Å². The molecule has 5 rings (SSSR count). The number of imidazole rings is 1. The minimum absolute atomic E-state index is 0. The number of halogens is 4. The Morgan fingerprint density at radius 3 is 2.12 bits per heavy atom. The van der Waals surface area contributed by atoms with Crippen molar-refractivity contribution in [1.29, 1.82) is 0 Å². The van der Waals surface area contributed by atoms with Gasteiger partial charge in [-0.25, -0.2) is 9.13 Å². The maximum Gasteiger partial charge on any atom is 0.285 e. The van der Waals surface area contributed by atoms with Crippen molar-refractivity contribution in [2.24, 2.45) is 0 Å². The van der Waals surface area contributed by atoms with Gasteiger partial charge in [0, 0.05) is 36.2 Å². The number of fused-ring (bicyclic) bond motifs is 4. The van der Waals surface area contributed by atoms with Crippen LogP contribution >= 0.6 is 34.8 Å². The van der Waals surface area contributed by atoms with Gasteiger partial charge in [-0.2, -0.15) is 0 Å². The monoisotopic (exact) mass is 614 g/mol. The van der Waals surface area contributed by atoms with E-state index in [2.05, 4.69) is 64.0 Å². The normalized spacial score (nSPS) is 15.9. The molecule has 33 heavy (non-hydrogen) atoms. The van der Waals surface area contributed by atoms with Crippen molar-refractivity contribution >= 4 is 62.8 Å². The van der Waals surface area contributed by atoms with Crippen LogP contribution in [0.3, 0.4) is 0 Å². The van der Waals surface area contributed by atoms with Gasteiger partial charge in [-0.15, -0.1) is 0 Å². The Morgan fingerprint density at radius 2 is 1.55 bits per heavy atom. The van der Waals surface area contributed by atoms with E-state index < -0.39 is 0 Å². The quantitative estimate of drug-likeness (QED) is 0.327. The molecule has 0 unspecified atom stereocenters. The highest BCUT2D eigenvalue weighted by atomic mass is 127. The summed E-state index contributed by atoms with van der Waals surface area (Å²) in [5.74, 6) is 2.42. The Bertz CT molecular complexity index is 1260. The van der Waals surface area contributed by atoms with Crippen LogP contribution in [0.15, 0.2) is 48.3 Å². The Balaban J connectivity index is 0.00000259. The number of aromatic nitrogens is 2. The molecule has 8 heteroatoms. The largest absolute Gasteiger partial charge is 1.00 e. The lowest BCUT2D eigenvalue weighted by Gasteiger charge is -2.23. The molecule has 0 radical (unpaired) electrons. The molecule has 0 fully saturated rings. The third kappa shape index (κ3) is 3.95. The van der Waals surface area contributed by atoms with Crippen LogP contribution in [0.4, 0.5) is 11.4 Å². The number of rotatable bonds is 4. The summed E-state index contributed by atoms with van der Waals surface area (Å²) < 4.78 is 4.79. The van der Waals surface area contributed by atoms with Crippen LogP contribution < -0.4 is 38.3 Å². The van der Waals surface area contributed by atoms with Crippen LogP contribution in [-0.2, 0) is 13.1 Å². The summed E-state index contributed by atoms with van der Waals surface area (Å²) in [6.07, 6.45) is 5.52. The van der Waals surface area contributed by atoms with Crippen molar-refractivity contribution in [1.82, 2.24) is 4.57 Å². The smallest absolute Gasteiger partial charge is 0.285 e. The maximum absolute atomic E-state index is 6.35. The van der Waals surface area contributed by atoms with Gasteiger partial charge in [0.15, 0.2) is 11.0 Å². The van der Waals surface area contributed by atoms with Crippen molar-refractivity contribution in [2.75, 3.05) is 22.9 Å². The lowest BCUT2D eigenvalue weighted by atomic mass is 10.2. The molecule has 0 N–H and O–H groups in total. The van der Waals surface area contributed by atoms with Crippen LogP contribution in [0, 0.1) is 0 Å². The van der Waals surface area contributed by atoms with Gasteiger partial charge in [-0.3, -0.25) is 0 Å². The summed E-state index contributed by atoms with van der Waals surface area (Å²) >= 11 is 19.0. The maximum atomic E-state index is 6.35. The first kappa shape index (κ1) is 24.7. The number of hydrogen-bond donors (Lipinski definition) is 0. The third-order valence-corrected chi connectivity index (χ3v) is 7.41. The van der Waals surface area contributed by atoms with Crippen molar-refractivity contribution in [2.45, 2.75) is 40.3 Å². The summed E-state index contributed by atoms with van der Waals surface area (Å²) in [6, 6.07) is 10.1. The lowest BCUT2D eigenvalue weighted by Crippen LogP contribution is -3.00. The lowest BCUT2D eigenvalue weighted by molar-refractivity contribution is -0.670. The standard InChI is InChI=1S/C25H26Cl3N4.HI/c1-4-29-22-14-18(27)19(28)15-23(22)30(5-2)24(29)10-7-16-11-12-32-21-13-17(26)8-9-20(21)31(6-3)25(16)32;/h7-10,13-15H,4-6,11-12H2,1-3H3;1H/q+1;/p-1. The number of allylic oxidation sites excluding steroid dienone is 3. The first-order chi connectivity index (χ1) is 15.5. The predicted molar refractivity (Wildman–Crippen MR) is 136 cm³/mol. The number of hydrogen-bond acceptors (Lipinski definition) is 2. The van der Waals surface area contributed by atoms with Crippen molar-refractivity contribution in [3.8, 4) is 0 Å². The van der Waals surface area contributed by atoms with Gasteiger partial charge in [0.1, 0.15) is 5.82 Å². The molecule has 0 saturated carbocycles. The van der Waals surface area contributed by atoms with Crippen molar-refractivity contribution < 1.29 is 28.5 Å². The molecular formula is C25H26Cl3IN4. The molecule has 0 amide bonds. The summed E-state index contributed by atoms with van der Waals surface area (Å²) in [6.45, 7) is 10.1. The second-order valence-corrected chi connectivity index (χ2v) is 9.31. The average molecular weight is 616 g/mol. The molecule has 0 saturated heterocycles. The highest BCUT2D eigenvalue weighted by Gasteiger charge is 2.33. The first-order valence-electron chi connectivity index (χ1n) is 11.1. The highest BCUT2D eigenvalue weighted by Crippen LogP contribution is 2.45. The van der Waals surface area contributed by atoms with E-state index in [1.54, 1.807) is 0 Å².